The average molecular weight is 537 g/mol. The number of anilines is 1. The topological polar surface area (TPSA) is 118 Å². The molecule has 3 aliphatic rings. The number of pyridine rings is 1. The van der Waals surface area contributed by atoms with Crippen LogP contribution in [0.15, 0.2) is 47.4 Å². The van der Waals surface area contributed by atoms with Gasteiger partial charge in [0.15, 0.2) is 0 Å². The van der Waals surface area contributed by atoms with E-state index in [0.29, 0.717) is 37.6 Å². The van der Waals surface area contributed by atoms with Crippen LogP contribution in [-0.2, 0) is 14.8 Å². The molecule has 38 heavy (non-hydrogen) atoms. The molecule has 1 aliphatic carbocycles. The Bertz CT molecular complexity index is 1350. The summed E-state index contributed by atoms with van der Waals surface area (Å²) >= 11 is 0. The number of urea groups is 1. The van der Waals surface area contributed by atoms with Crippen LogP contribution in [0.2, 0.25) is 0 Å². The number of carbonyl (C=O) groups is 2. The Kier molecular flexibility index (Phi) is 7.25. The molecule has 0 radical (unpaired) electrons. The van der Waals surface area contributed by atoms with Crippen molar-refractivity contribution in [3.05, 3.63) is 53.7 Å². The summed E-state index contributed by atoms with van der Waals surface area (Å²) in [6.07, 6.45) is 4.49. The highest BCUT2D eigenvalue weighted by atomic mass is 32.2. The molecule has 2 saturated heterocycles. The number of nitrogens with zero attached hydrogens (tertiary/aromatic N) is 6. The van der Waals surface area contributed by atoms with Crippen LogP contribution < -0.4 is 4.90 Å². The molecule has 0 bridgehead atoms. The summed E-state index contributed by atoms with van der Waals surface area (Å²) < 4.78 is 27.7. The molecule has 3 amide bonds. The molecule has 10 nitrogen and oxygen atoms in total. The molecule has 1 aromatic carbocycles. The minimum Gasteiger partial charge on any atom is -0.352 e. The second-order valence-corrected chi connectivity index (χ2v) is 12.0. The number of nitriles is 1. The molecular formula is C27H32N6O4S. The number of hydrogen-bond acceptors (Lipinski definition) is 7. The Hall–Kier alpha value is -3.65. The van der Waals surface area contributed by atoms with Gasteiger partial charge in [0.05, 0.1) is 17.0 Å². The fourth-order valence-electron chi connectivity index (χ4n) is 5.69. The maximum absolute atomic E-state index is 13.9. The number of piperazine rings is 1. The SMILES string of the molecule is Cc1ccc(C#N)c(N2CCN(C(=O)C3CN(S(=O)(=O)c4ccccc4)C(=O)N3C3CCCCC3)CC2)n1. The summed E-state index contributed by atoms with van der Waals surface area (Å²) in [5.74, 6) is 0.381. The first-order valence-corrected chi connectivity index (χ1v) is 14.6. The molecule has 1 unspecified atom stereocenters. The Morgan fingerprint density at radius 2 is 1.68 bits per heavy atom. The Balaban J connectivity index is 1.37. The van der Waals surface area contributed by atoms with Crippen LogP contribution in [0.5, 0.6) is 0 Å². The van der Waals surface area contributed by atoms with Gasteiger partial charge < -0.3 is 14.7 Å². The third-order valence-corrected chi connectivity index (χ3v) is 9.47. The van der Waals surface area contributed by atoms with Gasteiger partial charge in [0.25, 0.3) is 10.0 Å². The lowest BCUT2D eigenvalue weighted by atomic mass is 9.93. The lowest BCUT2D eigenvalue weighted by Crippen LogP contribution is -2.56. The predicted molar refractivity (Wildman–Crippen MR) is 141 cm³/mol. The molecule has 1 atom stereocenters. The van der Waals surface area contributed by atoms with Crippen LogP contribution >= 0.6 is 0 Å². The number of benzene rings is 1. The van der Waals surface area contributed by atoms with Gasteiger partial charge in [0.1, 0.15) is 17.9 Å². The van der Waals surface area contributed by atoms with Gasteiger partial charge in [-0.25, -0.2) is 22.5 Å². The van der Waals surface area contributed by atoms with Gasteiger partial charge in [0, 0.05) is 37.9 Å². The van der Waals surface area contributed by atoms with E-state index < -0.39 is 22.1 Å². The van der Waals surface area contributed by atoms with E-state index >= 15 is 0 Å². The molecule has 3 fully saturated rings. The summed E-state index contributed by atoms with van der Waals surface area (Å²) in [4.78, 5) is 37.3. The van der Waals surface area contributed by atoms with E-state index in [1.165, 1.54) is 12.1 Å². The molecule has 1 saturated carbocycles. The zero-order valence-electron chi connectivity index (χ0n) is 21.5. The number of aryl methyl sites for hydroxylation is 1. The van der Waals surface area contributed by atoms with Gasteiger partial charge >= 0.3 is 6.03 Å². The minimum absolute atomic E-state index is 0.0395. The quantitative estimate of drug-likeness (QED) is 0.577. The monoisotopic (exact) mass is 536 g/mol. The summed E-state index contributed by atoms with van der Waals surface area (Å²) in [5, 5.41) is 9.50. The number of hydrogen-bond donors (Lipinski definition) is 0. The van der Waals surface area contributed by atoms with Gasteiger partial charge in [-0.05, 0) is 44.0 Å². The molecule has 11 heteroatoms. The molecule has 2 aliphatic heterocycles. The molecule has 1 aromatic heterocycles. The summed E-state index contributed by atoms with van der Waals surface area (Å²) in [5.41, 5.74) is 1.30. The van der Waals surface area contributed by atoms with Crippen LogP contribution in [0.3, 0.4) is 0 Å². The van der Waals surface area contributed by atoms with E-state index in [9.17, 15) is 23.3 Å². The Labute approximate surface area is 223 Å². The van der Waals surface area contributed by atoms with E-state index in [1.807, 2.05) is 11.8 Å². The van der Waals surface area contributed by atoms with Crippen LogP contribution in [0, 0.1) is 18.3 Å². The zero-order valence-corrected chi connectivity index (χ0v) is 22.3. The first-order chi connectivity index (χ1) is 18.3. The van der Waals surface area contributed by atoms with Crippen molar-refractivity contribution in [2.24, 2.45) is 0 Å². The van der Waals surface area contributed by atoms with E-state index in [1.54, 1.807) is 40.1 Å². The summed E-state index contributed by atoms with van der Waals surface area (Å²) in [7, 11) is -4.09. The summed E-state index contributed by atoms with van der Waals surface area (Å²) in [6, 6.07) is 12.0. The maximum Gasteiger partial charge on any atom is 0.335 e. The number of sulfonamides is 1. The van der Waals surface area contributed by atoms with Crippen molar-refractivity contribution in [2.75, 3.05) is 37.6 Å². The van der Waals surface area contributed by atoms with Crippen molar-refractivity contribution >= 4 is 27.8 Å². The van der Waals surface area contributed by atoms with Crippen molar-refractivity contribution in [1.29, 1.82) is 5.26 Å². The highest BCUT2D eigenvalue weighted by Gasteiger charge is 2.50. The molecule has 2 aromatic rings. The fraction of sp³-hybridized carbons (Fsp3) is 0.481. The van der Waals surface area contributed by atoms with Crippen molar-refractivity contribution in [1.82, 2.24) is 19.1 Å². The first kappa shape index (κ1) is 26.0. The van der Waals surface area contributed by atoms with E-state index in [-0.39, 0.29) is 23.4 Å². The third-order valence-electron chi connectivity index (χ3n) is 7.72. The number of amides is 3. The van der Waals surface area contributed by atoms with Gasteiger partial charge in [-0.15, -0.1) is 0 Å². The molecule has 0 spiro atoms. The van der Waals surface area contributed by atoms with Crippen molar-refractivity contribution < 1.29 is 18.0 Å². The van der Waals surface area contributed by atoms with Crippen molar-refractivity contribution in [3.8, 4) is 6.07 Å². The normalized spacial score (nSPS) is 21.1. The third kappa shape index (κ3) is 4.80. The molecule has 3 heterocycles. The van der Waals surface area contributed by atoms with E-state index in [4.69, 9.17) is 0 Å². The molecule has 0 N–H and O–H groups in total. The van der Waals surface area contributed by atoms with Gasteiger partial charge in [-0.2, -0.15) is 5.26 Å². The molecule has 200 valence electrons. The van der Waals surface area contributed by atoms with Crippen LogP contribution in [0.1, 0.15) is 43.4 Å². The first-order valence-electron chi connectivity index (χ1n) is 13.1. The number of aromatic nitrogens is 1. The highest BCUT2D eigenvalue weighted by molar-refractivity contribution is 7.89. The summed E-state index contributed by atoms with van der Waals surface area (Å²) in [6.45, 7) is 3.46. The lowest BCUT2D eigenvalue weighted by Gasteiger charge is -2.39. The second kappa shape index (κ2) is 10.6. The smallest absolute Gasteiger partial charge is 0.335 e. The largest absolute Gasteiger partial charge is 0.352 e. The van der Waals surface area contributed by atoms with Crippen LogP contribution in [-0.4, -0.2) is 84.3 Å². The van der Waals surface area contributed by atoms with E-state index in [0.717, 1.165) is 42.1 Å². The highest BCUT2D eigenvalue weighted by Crippen LogP contribution is 2.33. The maximum atomic E-state index is 13.9. The molecule has 5 rings (SSSR count). The van der Waals surface area contributed by atoms with Gasteiger partial charge in [-0.3, -0.25) is 4.79 Å². The minimum atomic E-state index is -4.09. The average Bonchev–Trinajstić information content (AvgIpc) is 3.31. The Morgan fingerprint density at radius 3 is 2.34 bits per heavy atom. The number of carbonyl (C=O) groups excluding carboxylic acids is 2. The van der Waals surface area contributed by atoms with Gasteiger partial charge in [-0.1, -0.05) is 37.5 Å². The predicted octanol–water partition coefficient (Wildman–Crippen LogP) is 2.74. The fourth-order valence-corrected chi connectivity index (χ4v) is 7.09. The van der Waals surface area contributed by atoms with Crippen molar-refractivity contribution in [3.63, 3.8) is 0 Å². The number of rotatable bonds is 5. The Morgan fingerprint density at radius 1 is 1.00 bits per heavy atom. The van der Waals surface area contributed by atoms with Crippen molar-refractivity contribution in [2.45, 2.75) is 56.0 Å². The van der Waals surface area contributed by atoms with Crippen LogP contribution in [0.4, 0.5) is 10.6 Å². The second-order valence-electron chi connectivity index (χ2n) is 10.1. The van der Waals surface area contributed by atoms with E-state index in [2.05, 4.69) is 11.1 Å². The van der Waals surface area contributed by atoms with Crippen LogP contribution in [0.25, 0.3) is 0 Å². The standard InChI is InChI=1S/C27H32N6O4S/c1-20-12-13-21(18-28)25(29-20)30-14-16-31(17-15-30)26(34)24-19-32(38(36,37)23-10-6-3-7-11-23)27(35)33(24)22-8-4-2-5-9-22/h3,6-7,10-13,22,24H,2,4-5,8-9,14-17,19H2,1H3. The lowest BCUT2D eigenvalue weighted by molar-refractivity contribution is -0.136. The molecular weight excluding hydrogens is 504 g/mol. The zero-order chi connectivity index (χ0) is 26.9. The van der Waals surface area contributed by atoms with Gasteiger partial charge in [0.2, 0.25) is 5.91 Å².